The van der Waals surface area contributed by atoms with E-state index in [1.807, 2.05) is 6.92 Å². The van der Waals surface area contributed by atoms with Gasteiger partial charge in [0, 0.05) is 0 Å². The van der Waals surface area contributed by atoms with Crippen LogP contribution in [0.15, 0.2) is 6.20 Å². The lowest BCUT2D eigenvalue weighted by Crippen LogP contribution is -2.13. The summed E-state index contributed by atoms with van der Waals surface area (Å²) in [6, 6.07) is -0.130. The molecule has 5 nitrogen and oxygen atoms in total. The van der Waals surface area contributed by atoms with Crippen LogP contribution in [-0.4, -0.2) is 26.2 Å². The minimum Gasteiger partial charge on any atom is -0.356 e. The van der Waals surface area contributed by atoms with Gasteiger partial charge in [0.15, 0.2) is 5.65 Å². The molecule has 2 heterocycles. The van der Waals surface area contributed by atoms with Crippen LogP contribution in [0, 0.1) is 12.3 Å². The third-order valence-corrected chi connectivity index (χ3v) is 2.05. The second kappa shape index (κ2) is 3.75. The minimum absolute atomic E-state index is 0.130. The summed E-state index contributed by atoms with van der Waals surface area (Å²) in [7, 11) is 0. The normalized spacial score (nSPS) is 12.3. The summed E-state index contributed by atoms with van der Waals surface area (Å²) in [5.41, 5.74) is 0.585. The first-order valence-electron chi connectivity index (χ1n) is 4.30. The van der Waals surface area contributed by atoms with Crippen molar-refractivity contribution < 1.29 is 0 Å². The third kappa shape index (κ3) is 1.85. The number of H-pyrrole nitrogens is 1. The standard InChI is InChI=1S/C9H8ClN5/c1-3-5(2)12-7-6-4-11-15-8(6)14-9(10)13-7/h1,4-5H,2H3,(H2,11,12,13,14,15). The van der Waals surface area contributed by atoms with Crippen LogP contribution in [-0.2, 0) is 0 Å². The summed E-state index contributed by atoms with van der Waals surface area (Å²) < 4.78 is 0. The molecule has 0 spiro atoms. The van der Waals surface area contributed by atoms with E-state index in [1.165, 1.54) is 0 Å². The SMILES string of the molecule is C#CC(C)Nc1nc(Cl)nc2[nH]ncc12. The van der Waals surface area contributed by atoms with Crippen LogP contribution in [0.2, 0.25) is 5.28 Å². The quantitative estimate of drug-likeness (QED) is 0.595. The van der Waals surface area contributed by atoms with E-state index in [9.17, 15) is 0 Å². The third-order valence-electron chi connectivity index (χ3n) is 1.89. The molecule has 1 unspecified atom stereocenters. The Morgan fingerprint density at radius 2 is 2.40 bits per heavy atom. The van der Waals surface area contributed by atoms with Gasteiger partial charge in [-0.15, -0.1) is 6.42 Å². The highest BCUT2D eigenvalue weighted by Gasteiger charge is 2.09. The van der Waals surface area contributed by atoms with Gasteiger partial charge in [0.25, 0.3) is 0 Å². The molecule has 2 rings (SSSR count). The number of nitrogens with zero attached hydrogens (tertiary/aromatic N) is 3. The van der Waals surface area contributed by atoms with Crippen molar-refractivity contribution in [1.29, 1.82) is 0 Å². The molecule has 76 valence electrons. The molecule has 0 amide bonds. The van der Waals surface area contributed by atoms with Gasteiger partial charge in [0.1, 0.15) is 5.82 Å². The summed E-state index contributed by atoms with van der Waals surface area (Å²) in [6.45, 7) is 1.85. The van der Waals surface area contributed by atoms with E-state index >= 15 is 0 Å². The molecule has 0 saturated heterocycles. The Morgan fingerprint density at radius 1 is 1.60 bits per heavy atom. The van der Waals surface area contributed by atoms with Gasteiger partial charge in [0.05, 0.1) is 17.6 Å². The summed E-state index contributed by atoms with van der Waals surface area (Å²) in [4.78, 5) is 8.02. The Kier molecular flexibility index (Phi) is 2.44. The molecular formula is C9H8ClN5. The monoisotopic (exact) mass is 221 g/mol. The fourth-order valence-electron chi connectivity index (χ4n) is 1.16. The van der Waals surface area contributed by atoms with E-state index in [2.05, 4.69) is 31.4 Å². The fraction of sp³-hybridized carbons (Fsp3) is 0.222. The van der Waals surface area contributed by atoms with Gasteiger partial charge in [-0.2, -0.15) is 15.1 Å². The molecule has 0 aliphatic rings. The predicted octanol–water partition coefficient (Wildman–Crippen LogP) is 1.44. The Labute approximate surface area is 91.3 Å². The second-order valence-electron chi connectivity index (χ2n) is 3.01. The second-order valence-corrected chi connectivity index (χ2v) is 3.34. The maximum Gasteiger partial charge on any atom is 0.226 e. The summed E-state index contributed by atoms with van der Waals surface area (Å²) in [5.74, 6) is 3.13. The largest absolute Gasteiger partial charge is 0.356 e. The van der Waals surface area contributed by atoms with Gasteiger partial charge in [0.2, 0.25) is 5.28 Å². The molecule has 2 aromatic heterocycles. The number of hydrogen-bond donors (Lipinski definition) is 2. The van der Waals surface area contributed by atoms with Gasteiger partial charge >= 0.3 is 0 Å². The Morgan fingerprint density at radius 3 is 3.13 bits per heavy atom. The molecule has 0 fully saturated rings. The van der Waals surface area contributed by atoms with Gasteiger partial charge in [-0.25, -0.2) is 0 Å². The zero-order valence-electron chi connectivity index (χ0n) is 7.95. The average Bonchev–Trinajstić information content (AvgIpc) is 2.65. The number of rotatable bonds is 2. The number of terminal acetylenes is 1. The van der Waals surface area contributed by atoms with Crippen molar-refractivity contribution in [1.82, 2.24) is 20.2 Å². The van der Waals surface area contributed by atoms with E-state index in [1.54, 1.807) is 6.20 Å². The smallest absolute Gasteiger partial charge is 0.226 e. The first kappa shape index (κ1) is 9.74. The number of anilines is 1. The molecule has 0 aromatic carbocycles. The minimum atomic E-state index is -0.130. The number of aromatic amines is 1. The molecule has 0 radical (unpaired) electrons. The summed E-state index contributed by atoms with van der Waals surface area (Å²) >= 11 is 5.75. The van der Waals surface area contributed by atoms with Crippen molar-refractivity contribution in [2.24, 2.45) is 0 Å². The molecule has 0 saturated carbocycles. The maximum absolute atomic E-state index is 5.75. The molecule has 15 heavy (non-hydrogen) atoms. The summed E-state index contributed by atoms with van der Waals surface area (Å²) in [6.07, 6.45) is 6.89. The highest BCUT2D eigenvalue weighted by molar-refractivity contribution is 6.28. The van der Waals surface area contributed by atoms with Crippen molar-refractivity contribution in [2.45, 2.75) is 13.0 Å². The molecule has 0 aliphatic heterocycles. The number of halogens is 1. The van der Waals surface area contributed by atoms with E-state index in [0.717, 1.165) is 5.39 Å². The molecule has 2 N–H and O–H groups in total. The van der Waals surface area contributed by atoms with Crippen molar-refractivity contribution in [3.63, 3.8) is 0 Å². The Hall–Kier alpha value is -1.80. The fourth-order valence-corrected chi connectivity index (χ4v) is 1.33. The highest BCUT2D eigenvalue weighted by atomic mass is 35.5. The van der Waals surface area contributed by atoms with Crippen molar-refractivity contribution in [2.75, 3.05) is 5.32 Å². The van der Waals surface area contributed by atoms with Gasteiger partial charge in [-0.1, -0.05) is 5.92 Å². The summed E-state index contributed by atoms with van der Waals surface area (Å²) in [5, 5.41) is 10.5. The Balaban J connectivity index is 2.49. The van der Waals surface area contributed by atoms with E-state index in [0.29, 0.717) is 11.5 Å². The predicted molar refractivity (Wildman–Crippen MR) is 58.6 cm³/mol. The van der Waals surface area contributed by atoms with Crippen LogP contribution in [0.3, 0.4) is 0 Å². The molecule has 0 bridgehead atoms. The zero-order chi connectivity index (χ0) is 10.8. The van der Waals surface area contributed by atoms with E-state index < -0.39 is 0 Å². The van der Waals surface area contributed by atoms with E-state index in [4.69, 9.17) is 18.0 Å². The van der Waals surface area contributed by atoms with Crippen LogP contribution in [0.4, 0.5) is 5.82 Å². The average molecular weight is 222 g/mol. The number of nitrogens with one attached hydrogen (secondary N) is 2. The highest BCUT2D eigenvalue weighted by Crippen LogP contribution is 2.20. The van der Waals surface area contributed by atoms with Gasteiger partial charge in [-0.05, 0) is 18.5 Å². The van der Waals surface area contributed by atoms with Crippen LogP contribution in [0.25, 0.3) is 11.0 Å². The van der Waals surface area contributed by atoms with Crippen molar-refractivity contribution in [3.8, 4) is 12.3 Å². The molecule has 0 aliphatic carbocycles. The van der Waals surface area contributed by atoms with Crippen LogP contribution in [0.1, 0.15) is 6.92 Å². The first-order chi connectivity index (χ1) is 7.20. The Bertz CT molecular complexity index is 527. The lowest BCUT2D eigenvalue weighted by Gasteiger charge is -2.08. The first-order valence-corrected chi connectivity index (χ1v) is 4.68. The number of aromatic nitrogens is 4. The van der Waals surface area contributed by atoms with Gasteiger partial charge in [-0.3, -0.25) is 5.10 Å². The van der Waals surface area contributed by atoms with E-state index in [-0.39, 0.29) is 11.3 Å². The molecule has 6 heteroatoms. The lowest BCUT2D eigenvalue weighted by atomic mass is 10.3. The van der Waals surface area contributed by atoms with Gasteiger partial charge < -0.3 is 5.32 Å². The zero-order valence-corrected chi connectivity index (χ0v) is 8.71. The van der Waals surface area contributed by atoms with Crippen LogP contribution in [0.5, 0.6) is 0 Å². The molecule has 1 atom stereocenters. The van der Waals surface area contributed by atoms with Crippen LogP contribution >= 0.6 is 11.6 Å². The van der Waals surface area contributed by atoms with Crippen molar-refractivity contribution in [3.05, 3.63) is 11.5 Å². The lowest BCUT2D eigenvalue weighted by molar-refractivity contribution is 1.01. The number of hydrogen-bond acceptors (Lipinski definition) is 4. The topological polar surface area (TPSA) is 66.5 Å². The van der Waals surface area contributed by atoms with Crippen LogP contribution < -0.4 is 5.32 Å². The molecular weight excluding hydrogens is 214 g/mol. The van der Waals surface area contributed by atoms with Crippen molar-refractivity contribution >= 4 is 28.5 Å². The molecule has 2 aromatic rings. The number of fused-ring (bicyclic) bond motifs is 1. The maximum atomic E-state index is 5.75.